The summed E-state index contributed by atoms with van der Waals surface area (Å²) in [5.74, 6) is 0.681. The molecule has 4 nitrogen and oxygen atoms in total. The van der Waals surface area contributed by atoms with Crippen molar-refractivity contribution >= 4 is 18.3 Å². The van der Waals surface area contributed by atoms with Gasteiger partial charge >= 0.3 is 0 Å². The molecule has 0 aliphatic heterocycles. The molecule has 1 unspecified atom stereocenters. The number of amides is 1. The zero-order chi connectivity index (χ0) is 16.2. The lowest BCUT2D eigenvalue weighted by Gasteiger charge is -2.29. The Kier molecular flexibility index (Phi) is 6.61. The van der Waals surface area contributed by atoms with Crippen LogP contribution in [0.4, 0.5) is 0 Å². The highest BCUT2D eigenvalue weighted by Crippen LogP contribution is 2.21. The topological polar surface area (TPSA) is 55.6 Å². The van der Waals surface area contributed by atoms with E-state index in [2.05, 4.69) is 0 Å². The van der Waals surface area contributed by atoms with Crippen LogP contribution < -0.4 is 10.5 Å². The lowest BCUT2D eigenvalue weighted by Crippen LogP contribution is -2.49. The molecule has 2 aromatic carbocycles. The van der Waals surface area contributed by atoms with Crippen molar-refractivity contribution in [3.8, 4) is 5.75 Å². The first-order chi connectivity index (χ1) is 10.4. The number of likely N-dealkylation sites (N-methyl/N-ethyl adjacent to an activating group) is 1. The Balaban J connectivity index is 0.00000264. The van der Waals surface area contributed by atoms with Crippen molar-refractivity contribution < 1.29 is 9.53 Å². The predicted molar refractivity (Wildman–Crippen MR) is 94.7 cm³/mol. The van der Waals surface area contributed by atoms with Crippen molar-refractivity contribution in [1.82, 2.24) is 4.90 Å². The number of carbonyl (C=O) groups is 1. The number of benzene rings is 2. The van der Waals surface area contributed by atoms with Crippen molar-refractivity contribution in [2.75, 3.05) is 14.2 Å². The maximum absolute atomic E-state index is 12.7. The molecule has 0 saturated carbocycles. The minimum absolute atomic E-state index is 0. The molecular weight excluding hydrogens is 312 g/mol. The van der Waals surface area contributed by atoms with Crippen LogP contribution in [0.5, 0.6) is 5.75 Å². The molecule has 0 heterocycles. The zero-order valence-electron chi connectivity index (χ0n) is 13.7. The van der Waals surface area contributed by atoms with Gasteiger partial charge in [0, 0.05) is 13.6 Å². The van der Waals surface area contributed by atoms with Crippen LogP contribution in [0.25, 0.3) is 0 Å². The first kappa shape index (κ1) is 19.0. The number of hydrogen-bond donors (Lipinski definition) is 1. The van der Waals surface area contributed by atoms with E-state index < -0.39 is 5.54 Å². The lowest BCUT2D eigenvalue weighted by atomic mass is 9.91. The van der Waals surface area contributed by atoms with Crippen LogP contribution in [0.2, 0.25) is 0 Å². The van der Waals surface area contributed by atoms with Crippen LogP contribution in [0.15, 0.2) is 54.6 Å². The summed E-state index contributed by atoms with van der Waals surface area (Å²) in [6, 6.07) is 17.1. The average molecular weight is 335 g/mol. The fraction of sp³-hybridized carbons (Fsp3) is 0.278. The van der Waals surface area contributed by atoms with Crippen LogP contribution >= 0.6 is 12.4 Å². The molecule has 23 heavy (non-hydrogen) atoms. The molecule has 0 saturated heterocycles. The van der Waals surface area contributed by atoms with Gasteiger partial charge in [-0.25, -0.2) is 0 Å². The van der Waals surface area contributed by atoms with Gasteiger partial charge in [0.25, 0.3) is 0 Å². The molecule has 2 N–H and O–H groups in total. The Labute approximate surface area is 143 Å². The summed E-state index contributed by atoms with van der Waals surface area (Å²) in [6.07, 6.45) is 0. The summed E-state index contributed by atoms with van der Waals surface area (Å²) in [5.41, 5.74) is 7.07. The molecule has 124 valence electrons. The monoisotopic (exact) mass is 334 g/mol. The standard InChI is InChI=1S/C18H22N2O2.ClH/c1-18(19,15-7-5-4-6-8-15)17(21)20(2)13-14-9-11-16(22-3)12-10-14;/h4-12H,13,19H2,1-3H3;1H. The third-order valence-electron chi connectivity index (χ3n) is 3.74. The third-order valence-corrected chi connectivity index (χ3v) is 3.74. The second kappa shape index (κ2) is 7.99. The summed E-state index contributed by atoms with van der Waals surface area (Å²) in [6.45, 7) is 2.25. The molecule has 0 radical (unpaired) electrons. The van der Waals surface area contributed by atoms with Crippen molar-refractivity contribution in [2.24, 2.45) is 5.73 Å². The second-order valence-electron chi connectivity index (χ2n) is 5.58. The highest BCUT2D eigenvalue weighted by Gasteiger charge is 2.32. The Hall–Kier alpha value is -2.04. The molecule has 5 heteroatoms. The quantitative estimate of drug-likeness (QED) is 0.914. The highest BCUT2D eigenvalue weighted by molar-refractivity contribution is 5.86. The summed E-state index contributed by atoms with van der Waals surface area (Å²) in [4.78, 5) is 14.3. The molecule has 0 aliphatic rings. The lowest BCUT2D eigenvalue weighted by molar-refractivity contribution is -0.136. The molecule has 0 aliphatic carbocycles. The molecule has 2 aromatic rings. The summed E-state index contributed by atoms with van der Waals surface area (Å²) >= 11 is 0. The number of carbonyl (C=O) groups excluding carboxylic acids is 1. The number of ether oxygens (including phenoxy) is 1. The van der Waals surface area contributed by atoms with E-state index in [0.717, 1.165) is 16.9 Å². The van der Waals surface area contributed by atoms with E-state index >= 15 is 0 Å². The van der Waals surface area contributed by atoms with Crippen LogP contribution in [0.3, 0.4) is 0 Å². The minimum atomic E-state index is -1.04. The van der Waals surface area contributed by atoms with Gasteiger partial charge in [-0.1, -0.05) is 42.5 Å². The third kappa shape index (κ3) is 4.47. The van der Waals surface area contributed by atoms with E-state index in [9.17, 15) is 4.79 Å². The Morgan fingerprint density at radius 3 is 2.22 bits per heavy atom. The minimum Gasteiger partial charge on any atom is -0.497 e. The normalized spacial score (nSPS) is 12.7. The fourth-order valence-corrected chi connectivity index (χ4v) is 2.38. The first-order valence-corrected chi connectivity index (χ1v) is 7.18. The van der Waals surface area contributed by atoms with E-state index in [1.54, 1.807) is 26.0 Å². The van der Waals surface area contributed by atoms with Gasteiger partial charge in [-0.05, 0) is 30.2 Å². The van der Waals surface area contributed by atoms with E-state index in [-0.39, 0.29) is 18.3 Å². The summed E-state index contributed by atoms with van der Waals surface area (Å²) in [7, 11) is 3.39. The first-order valence-electron chi connectivity index (χ1n) is 7.18. The number of halogens is 1. The predicted octanol–water partition coefficient (Wildman–Crippen LogP) is 2.95. The van der Waals surface area contributed by atoms with Gasteiger partial charge in [0.15, 0.2) is 0 Å². The van der Waals surface area contributed by atoms with Gasteiger partial charge in [0.1, 0.15) is 11.3 Å². The van der Waals surface area contributed by atoms with E-state index in [4.69, 9.17) is 10.5 Å². The van der Waals surface area contributed by atoms with E-state index in [1.165, 1.54) is 0 Å². The van der Waals surface area contributed by atoms with Gasteiger partial charge in [-0.3, -0.25) is 4.79 Å². The molecule has 0 spiro atoms. The van der Waals surface area contributed by atoms with E-state index in [1.807, 2.05) is 54.6 Å². The maximum atomic E-state index is 12.7. The van der Waals surface area contributed by atoms with Gasteiger partial charge < -0.3 is 15.4 Å². The summed E-state index contributed by atoms with van der Waals surface area (Å²) < 4.78 is 5.13. The Morgan fingerprint density at radius 2 is 1.70 bits per heavy atom. The number of nitrogens with zero attached hydrogens (tertiary/aromatic N) is 1. The van der Waals surface area contributed by atoms with Crippen molar-refractivity contribution in [1.29, 1.82) is 0 Å². The fourth-order valence-electron chi connectivity index (χ4n) is 2.38. The number of nitrogens with two attached hydrogens (primary N) is 1. The molecule has 1 atom stereocenters. The number of rotatable bonds is 5. The number of methoxy groups -OCH3 is 1. The maximum Gasteiger partial charge on any atom is 0.247 e. The van der Waals surface area contributed by atoms with Crippen LogP contribution in [0, 0.1) is 0 Å². The summed E-state index contributed by atoms with van der Waals surface area (Å²) in [5, 5.41) is 0. The van der Waals surface area contributed by atoms with Crippen LogP contribution in [-0.4, -0.2) is 25.0 Å². The highest BCUT2D eigenvalue weighted by atomic mass is 35.5. The van der Waals surface area contributed by atoms with Crippen molar-refractivity contribution in [3.63, 3.8) is 0 Å². The zero-order valence-corrected chi connectivity index (χ0v) is 14.5. The average Bonchev–Trinajstić information content (AvgIpc) is 2.55. The van der Waals surface area contributed by atoms with Crippen molar-refractivity contribution in [2.45, 2.75) is 19.0 Å². The molecule has 0 bridgehead atoms. The Bertz CT molecular complexity index is 627. The van der Waals surface area contributed by atoms with Crippen molar-refractivity contribution in [3.05, 3.63) is 65.7 Å². The molecule has 1 amide bonds. The van der Waals surface area contributed by atoms with E-state index in [0.29, 0.717) is 6.54 Å². The number of hydrogen-bond acceptors (Lipinski definition) is 3. The molecule has 0 aromatic heterocycles. The smallest absolute Gasteiger partial charge is 0.247 e. The van der Waals surface area contributed by atoms with Gasteiger partial charge in [0.2, 0.25) is 5.91 Å². The van der Waals surface area contributed by atoms with Gasteiger partial charge in [0.05, 0.1) is 7.11 Å². The largest absolute Gasteiger partial charge is 0.497 e. The van der Waals surface area contributed by atoms with Crippen LogP contribution in [-0.2, 0) is 16.9 Å². The van der Waals surface area contributed by atoms with Gasteiger partial charge in [-0.2, -0.15) is 0 Å². The SMILES string of the molecule is COc1ccc(CN(C)C(=O)C(C)(N)c2ccccc2)cc1.Cl. The second-order valence-corrected chi connectivity index (χ2v) is 5.58. The van der Waals surface area contributed by atoms with Gasteiger partial charge in [-0.15, -0.1) is 12.4 Å². The molecule has 0 fully saturated rings. The molecule has 2 rings (SSSR count). The Morgan fingerprint density at radius 1 is 1.13 bits per heavy atom. The van der Waals surface area contributed by atoms with Crippen LogP contribution in [0.1, 0.15) is 18.1 Å². The molecular formula is C18H23ClN2O2.